The van der Waals surface area contributed by atoms with Crippen LogP contribution in [0.25, 0.3) is 0 Å². The molecule has 0 radical (unpaired) electrons. The molecule has 0 unspecified atom stereocenters. The zero-order chi connectivity index (χ0) is 7.94. The first-order chi connectivity index (χ1) is 5.43. The predicted molar refractivity (Wildman–Crippen MR) is 48.6 cm³/mol. The van der Waals surface area contributed by atoms with Gasteiger partial charge in [0.05, 0.1) is 6.54 Å². The summed E-state index contributed by atoms with van der Waals surface area (Å²) in [5.41, 5.74) is 0. The topological polar surface area (TPSA) is 23.5 Å². The van der Waals surface area contributed by atoms with Crippen LogP contribution in [-0.4, -0.2) is 47.8 Å². The summed E-state index contributed by atoms with van der Waals surface area (Å²) < 4.78 is 0. The lowest BCUT2D eigenvalue weighted by atomic mass is 10.4. The molecule has 1 heterocycles. The van der Waals surface area contributed by atoms with Gasteiger partial charge in [0.1, 0.15) is 6.61 Å². The van der Waals surface area contributed by atoms with Crippen LogP contribution >= 0.6 is 11.8 Å². The lowest BCUT2D eigenvalue weighted by Crippen LogP contribution is -2.32. The van der Waals surface area contributed by atoms with Gasteiger partial charge >= 0.3 is 0 Å². The van der Waals surface area contributed by atoms with E-state index in [4.69, 9.17) is 5.11 Å². The molecule has 2 nitrogen and oxygen atoms in total. The fourth-order valence-corrected chi connectivity index (χ4v) is 1.96. The molecule has 0 bridgehead atoms. The first-order valence-corrected chi connectivity index (χ1v) is 4.95. The van der Waals surface area contributed by atoms with Crippen LogP contribution in [0.3, 0.4) is 0 Å². The fraction of sp³-hybridized carbons (Fsp3) is 0.750. The normalized spacial score (nSPS) is 19.0. The highest BCUT2D eigenvalue weighted by Gasteiger charge is 2.07. The van der Waals surface area contributed by atoms with Gasteiger partial charge in [0.15, 0.2) is 0 Å². The van der Waals surface area contributed by atoms with Gasteiger partial charge in [0, 0.05) is 24.6 Å². The summed E-state index contributed by atoms with van der Waals surface area (Å²) in [4.78, 5) is 2.32. The smallest absolute Gasteiger partial charge is 0.104 e. The van der Waals surface area contributed by atoms with E-state index in [1.807, 2.05) is 11.8 Å². The lowest BCUT2D eigenvalue weighted by Gasteiger charge is -2.23. The third-order valence-electron chi connectivity index (χ3n) is 1.61. The summed E-state index contributed by atoms with van der Waals surface area (Å²) >= 11 is 2.00. The third-order valence-corrected chi connectivity index (χ3v) is 2.55. The van der Waals surface area contributed by atoms with Crippen molar-refractivity contribution >= 4 is 11.8 Å². The van der Waals surface area contributed by atoms with E-state index in [0.29, 0.717) is 0 Å². The number of hydrogen-bond donors (Lipinski definition) is 1. The van der Waals surface area contributed by atoms with Crippen LogP contribution in [0.1, 0.15) is 0 Å². The first kappa shape index (κ1) is 8.92. The quantitative estimate of drug-likeness (QED) is 0.563. The molecule has 0 spiro atoms. The Balaban J connectivity index is 2.14. The molecule has 0 amide bonds. The fourth-order valence-electron chi connectivity index (χ4n) is 0.983. The van der Waals surface area contributed by atoms with Crippen molar-refractivity contribution in [2.24, 2.45) is 0 Å². The first-order valence-electron chi connectivity index (χ1n) is 3.80. The molecule has 1 aliphatic rings. The maximum atomic E-state index is 8.40. The predicted octanol–water partition coefficient (Wildman–Crippen LogP) is 0.0309. The van der Waals surface area contributed by atoms with E-state index in [2.05, 4.69) is 16.7 Å². The van der Waals surface area contributed by atoms with Crippen molar-refractivity contribution in [3.05, 3.63) is 0 Å². The molecule has 62 valence electrons. The molecular formula is C8H13NOS. The second-order valence-electron chi connectivity index (χ2n) is 2.40. The van der Waals surface area contributed by atoms with Crippen molar-refractivity contribution in [2.75, 3.05) is 37.7 Å². The van der Waals surface area contributed by atoms with Gasteiger partial charge in [-0.2, -0.15) is 11.8 Å². The van der Waals surface area contributed by atoms with Gasteiger partial charge in [-0.25, -0.2) is 0 Å². The standard InChI is InChI=1S/C8H13NOS/c10-6-2-1-3-9-4-7-11-8-5-9/h10H,3-8H2. The van der Waals surface area contributed by atoms with Gasteiger partial charge in [0.2, 0.25) is 0 Å². The molecule has 0 saturated carbocycles. The van der Waals surface area contributed by atoms with Crippen molar-refractivity contribution in [2.45, 2.75) is 0 Å². The number of thioether (sulfide) groups is 1. The SMILES string of the molecule is OCC#CCN1CCSCC1. The molecule has 0 atom stereocenters. The van der Waals surface area contributed by atoms with Crippen molar-refractivity contribution in [1.82, 2.24) is 4.90 Å². The zero-order valence-corrected chi connectivity index (χ0v) is 7.36. The van der Waals surface area contributed by atoms with Crippen LogP contribution in [0.5, 0.6) is 0 Å². The van der Waals surface area contributed by atoms with Crippen LogP contribution < -0.4 is 0 Å². The van der Waals surface area contributed by atoms with Crippen molar-refractivity contribution in [3.63, 3.8) is 0 Å². The van der Waals surface area contributed by atoms with E-state index in [-0.39, 0.29) is 6.61 Å². The highest BCUT2D eigenvalue weighted by atomic mass is 32.2. The molecule has 1 aliphatic heterocycles. The summed E-state index contributed by atoms with van der Waals surface area (Å²) in [7, 11) is 0. The van der Waals surface area contributed by atoms with Crippen molar-refractivity contribution in [1.29, 1.82) is 0 Å². The Labute approximate surface area is 72.0 Å². The molecule has 0 aromatic rings. The van der Waals surface area contributed by atoms with Gasteiger partial charge in [-0.15, -0.1) is 0 Å². The van der Waals surface area contributed by atoms with Gasteiger partial charge < -0.3 is 5.11 Å². The summed E-state index contributed by atoms with van der Waals surface area (Å²) in [6, 6.07) is 0. The summed E-state index contributed by atoms with van der Waals surface area (Å²) in [5.74, 6) is 8.02. The van der Waals surface area contributed by atoms with Gasteiger partial charge in [-0.05, 0) is 0 Å². The number of rotatable bonds is 1. The minimum atomic E-state index is -0.0113. The average Bonchev–Trinajstić information content (AvgIpc) is 2.07. The minimum Gasteiger partial charge on any atom is -0.384 e. The second kappa shape index (κ2) is 5.48. The van der Waals surface area contributed by atoms with E-state index in [9.17, 15) is 0 Å². The lowest BCUT2D eigenvalue weighted by molar-refractivity contribution is 0.337. The zero-order valence-electron chi connectivity index (χ0n) is 6.55. The highest BCUT2D eigenvalue weighted by Crippen LogP contribution is 2.07. The monoisotopic (exact) mass is 171 g/mol. The Bertz CT molecular complexity index is 155. The summed E-state index contributed by atoms with van der Waals surface area (Å²) in [6.45, 7) is 3.10. The Morgan fingerprint density at radius 3 is 2.64 bits per heavy atom. The van der Waals surface area contributed by atoms with Crippen LogP contribution in [0.15, 0.2) is 0 Å². The Morgan fingerprint density at radius 2 is 2.00 bits per heavy atom. The van der Waals surface area contributed by atoms with E-state index in [0.717, 1.165) is 19.6 Å². The maximum Gasteiger partial charge on any atom is 0.104 e. The van der Waals surface area contributed by atoms with Gasteiger partial charge in [-0.1, -0.05) is 11.8 Å². The molecule has 0 aromatic carbocycles. The molecular weight excluding hydrogens is 158 g/mol. The average molecular weight is 171 g/mol. The number of nitrogens with zero attached hydrogens (tertiary/aromatic N) is 1. The van der Waals surface area contributed by atoms with Crippen LogP contribution in [-0.2, 0) is 0 Å². The second-order valence-corrected chi connectivity index (χ2v) is 3.62. The largest absolute Gasteiger partial charge is 0.384 e. The molecule has 3 heteroatoms. The van der Waals surface area contributed by atoms with Crippen LogP contribution in [0, 0.1) is 11.8 Å². The molecule has 0 aromatic heterocycles. The van der Waals surface area contributed by atoms with E-state index in [1.165, 1.54) is 11.5 Å². The Hall–Kier alpha value is -0.170. The Morgan fingerprint density at radius 1 is 1.27 bits per heavy atom. The van der Waals surface area contributed by atoms with E-state index in [1.54, 1.807) is 0 Å². The molecule has 1 N–H and O–H groups in total. The summed E-state index contributed by atoms with van der Waals surface area (Å²) in [6.07, 6.45) is 0. The van der Waals surface area contributed by atoms with Crippen LogP contribution in [0.2, 0.25) is 0 Å². The maximum absolute atomic E-state index is 8.40. The number of hydrogen-bond acceptors (Lipinski definition) is 3. The molecule has 0 aliphatic carbocycles. The van der Waals surface area contributed by atoms with Crippen molar-refractivity contribution in [3.8, 4) is 11.8 Å². The van der Waals surface area contributed by atoms with E-state index >= 15 is 0 Å². The van der Waals surface area contributed by atoms with Gasteiger partial charge in [0.25, 0.3) is 0 Å². The molecule has 1 rings (SSSR count). The molecule has 1 fully saturated rings. The number of aliphatic hydroxyl groups excluding tert-OH is 1. The molecule has 1 saturated heterocycles. The third kappa shape index (κ3) is 3.66. The molecule has 11 heavy (non-hydrogen) atoms. The Kier molecular flexibility index (Phi) is 4.44. The van der Waals surface area contributed by atoms with E-state index < -0.39 is 0 Å². The van der Waals surface area contributed by atoms with Crippen molar-refractivity contribution < 1.29 is 5.11 Å². The number of aliphatic hydroxyl groups is 1. The van der Waals surface area contributed by atoms with Gasteiger partial charge in [-0.3, -0.25) is 4.90 Å². The highest BCUT2D eigenvalue weighted by molar-refractivity contribution is 7.99. The minimum absolute atomic E-state index is 0.0113. The van der Waals surface area contributed by atoms with Crippen LogP contribution in [0.4, 0.5) is 0 Å². The summed E-state index contributed by atoms with van der Waals surface area (Å²) in [5, 5.41) is 8.40.